The van der Waals surface area contributed by atoms with Gasteiger partial charge in [-0.2, -0.15) is 5.26 Å². The van der Waals surface area contributed by atoms with Crippen molar-refractivity contribution in [2.75, 3.05) is 6.54 Å². The number of hydrogen-bond donors (Lipinski definition) is 1. The maximum Gasteiger partial charge on any atom is 0.101 e. The molecular weight excluding hydrogens is 186 g/mol. The van der Waals surface area contributed by atoms with E-state index in [1.54, 1.807) is 6.20 Å². The molecule has 13 heavy (non-hydrogen) atoms. The fraction of sp³-hybridized carbons (Fsp3) is 0.333. The van der Waals surface area contributed by atoms with E-state index in [0.29, 0.717) is 5.56 Å². The third kappa shape index (κ3) is 1.80. The fourth-order valence-electron chi connectivity index (χ4n) is 1.49. The molecule has 2 rings (SSSR count). The van der Waals surface area contributed by atoms with E-state index in [2.05, 4.69) is 16.4 Å². The van der Waals surface area contributed by atoms with Crippen molar-refractivity contribution >= 4 is 12.4 Å². The largest absolute Gasteiger partial charge is 0.312 e. The molecular formula is C9H10ClN3. The lowest BCUT2D eigenvalue weighted by Gasteiger charge is -2.16. The van der Waals surface area contributed by atoms with Gasteiger partial charge in [-0.15, -0.1) is 12.4 Å². The molecule has 0 spiro atoms. The van der Waals surface area contributed by atoms with E-state index in [1.807, 2.05) is 6.20 Å². The van der Waals surface area contributed by atoms with E-state index in [0.717, 1.165) is 25.1 Å². The highest BCUT2D eigenvalue weighted by Gasteiger charge is 2.11. The second-order valence-electron chi connectivity index (χ2n) is 2.86. The van der Waals surface area contributed by atoms with E-state index >= 15 is 0 Å². The van der Waals surface area contributed by atoms with Crippen LogP contribution in [0.3, 0.4) is 0 Å². The number of nitrogens with zero attached hydrogens (tertiary/aromatic N) is 2. The summed E-state index contributed by atoms with van der Waals surface area (Å²) in [6.07, 6.45) is 4.47. The highest BCUT2D eigenvalue weighted by molar-refractivity contribution is 5.85. The lowest BCUT2D eigenvalue weighted by molar-refractivity contribution is 0.639. The van der Waals surface area contributed by atoms with Crippen molar-refractivity contribution in [2.45, 2.75) is 13.0 Å². The van der Waals surface area contributed by atoms with E-state index in [9.17, 15) is 0 Å². The minimum absolute atomic E-state index is 0. The van der Waals surface area contributed by atoms with Gasteiger partial charge in [0, 0.05) is 18.9 Å². The van der Waals surface area contributed by atoms with Gasteiger partial charge in [-0.05, 0) is 24.1 Å². The third-order valence-electron chi connectivity index (χ3n) is 2.14. The Kier molecular flexibility index (Phi) is 3.24. The van der Waals surface area contributed by atoms with Crippen LogP contribution in [-0.2, 0) is 13.0 Å². The topological polar surface area (TPSA) is 48.7 Å². The average Bonchev–Trinajstić information content (AvgIpc) is 2.17. The molecule has 68 valence electrons. The molecule has 4 heteroatoms. The molecule has 0 atom stereocenters. The van der Waals surface area contributed by atoms with Crippen LogP contribution in [0.25, 0.3) is 0 Å². The van der Waals surface area contributed by atoms with Crippen LogP contribution in [0.5, 0.6) is 0 Å². The van der Waals surface area contributed by atoms with Crippen molar-refractivity contribution in [3.63, 3.8) is 0 Å². The summed E-state index contributed by atoms with van der Waals surface area (Å²) in [5.41, 5.74) is 3.05. The second-order valence-corrected chi connectivity index (χ2v) is 2.86. The zero-order valence-corrected chi connectivity index (χ0v) is 7.90. The molecule has 1 aliphatic rings. The summed E-state index contributed by atoms with van der Waals surface area (Å²) in [6.45, 7) is 1.80. The Bertz CT molecular complexity index is 343. The van der Waals surface area contributed by atoms with Crippen molar-refractivity contribution < 1.29 is 0 Å². The Morgan fingerprint density at radius 2 is 2.31 bits per heavy atom. The first-order chi connectivity index (χ1) is 5.92. The lowest BCUT2D eigenvalue weighted by Crippen LogP contribution is -2.24. The van der Waals surface area contributed by atoms with E-state index in [4.69, 9.17) is 5.26 Å². The number of hydrogen-bond acceptors (Lipinski definition) is 3. The minimum Gasteiger partial charge on any atom is -0.312 e. The van der Waals surface area contributed by atoms with Gasteiger partial charge in [0.1, 0.15) is 6.07 Å². The van der Waals surface area contributed by atoms with Gasteiger partial charge >= 0.3 is 0 Å². The molecule has 0 saturated carbocycles. The Morgan fingerprint density at radius 3 is 3.08 bits per heavy atom. The summed E-state index contributed by atoms with van der Waals surface area (Å²) in [7, 11) is 0. The Hall–Kier alpha value is -1.11. The number of nitrogens with one attached hydrogen (secondary N) is 1. The van der Waals surface area contributed by atoms with Crippen LogP contribution in [0.1, 0.15) is 16.7 Å². The molecule has 0 unspecified atom stereocenters. The zero-order valence-electron chi connectivity index (χ0n) is 7.08. The van der Waals surface area contributed by atoms with Gasteiger partial charge in [-0.25, -0.2) is 0 Å². The normalized spacial score (nSPS) is 13.8. The monoisotopic (exact) mass is 195 g/mol. The van der Waals surface area contributed by atoms with E-state index in [-0.39, 0.29) is 12.4 Å². The molecule has 3 nitrogen and oxygen atoms in total. The predicted octanol–water partition coefficient (Wildman–Crippen LogP) is 1.02. The van der Waals surface area contributed by atoms with Crippen LogP contribution in [0.15, 0.2) is 12.4 Å². The van der Waals surface area contributed by atoms with Gasteiger partial charge in [0.2, 0.25) is 0 Å². The standard InChI is InChI=1S/C9H9N3.ClH/c10-3-8-5-12-4-7-1-2-11-6-9(7)8;/h4-5,11H,1-2,6H2;1H. The van der Waals surface area contributed by atoms with E-state index < -0.39 is 0 Å². The predicted molar refractivity (Wildman–Crippen MR) is 51.6 cm³/mol. The Morgan fingerprint density at radius 1 is 1.46 bits per heavy atom. The summed E-state index contributed by atoms with van der Waals surface area (Å²) in [5, 5.41) is 12.0. The molecule has 0 saturated heterocycles. The highest BCUT2D eigenvalue weighted by atomic mass is 35.5. The second kappa shape index (κ2) is 4.22. The minimum atomic E-state index is 0. The summed E-state index contributed by atoms with van der Waals surface area (Å²) >= 11 is 0. The number of pyridine rings is 1. The van der Waals surface area contributed by atoms with Gasteiger partial charge in [0.25, 0.3) is 0 Å². The highest BCUT2D eigenvalue weighted by Crippen LogP contribution is 2.15. The molecule has 2 heterocycles. The van der Waals surface area contributed by atoms with Crippen LogP contribution in [0.4, 0.5) is 0 Å². The van der Waals surface area contributed by atoms with Crippen molar-refractivity contribution in [1.29, 1.82) is 5.26 Å². The third-order valence-corrected chi connectivity index (χ3v) is 2.14. The van der Waals surface area contributed by atoms with Crippen molar-refractivity contribution in [1.82, 2.24) is 10.3 Å². The Labute approximate surface area is 83.2 Å². The van der Waals surface area contributed by atoms with Gasteiger partial charge in [0.15, 0.2) is 0 Å². The zero-order chi connectivity index (χ0) is 8.39. The SMILES string of the molecule is Cl.N#Cc1cncc2c1CNCC2. The smallest absolute Gasteiger partial charge is 0.101 e. The molecule has 1 aromatic heterocycles. The van der Waals surface area contributed by atoms with Gasteiger partial charge < -0.3 is 5.32 Å². The molecule has 0 bridgehead atoms. The number of fused-ring (bicyclic) bond motifs is 1. The first kappa shape index (κ1) is 9.97. The molecule has 1 aliphatic heterocycles. The number of nitriles is 1. The van der Waals surface area contributed by atoms with Crippen molar-refractivity contribution in [3.05, 3.63) is 29.1 Å². The molecule has 0 aromatic carbocycles. The van der Waals surface area contributed by atoms with Crippen molar-refractivity contribution in [2.24, 2.45) is 0 Å². The van der Waals surface area contributed by atoms with E-state index in [1.165, 1.54) is 5.56 Å². The van der Waals surface area contributed by atoms with Crippen LogP contribution < -0.4 is 5.32 Å². The fourth-order valence-corrected chi connectivity index (χ4v) is 1.49. The first-order valence-corrected chi connectivity index (χ1v) is 3.98. The summed E-state index contributed by atoms with van der Waals surface area (Å²) in [5.74, 6) is 0. The number of aromatic nitrogens is 1. The van der Waals surface area contributed by atoms with Crippen molar-refractivity contribution in [3.8, 4) is 6.07 Å². The van der Waals surface area contributed by atoms with Crippen LogP contribution in [0.2, 0.25) is 0 Å². The summed E-state index contributed by atoms with van der Waals surface area (Å²) in [4.78, 5) is 4.02. The maximum atomic E-state index is 8.78. The molecule has 0 aliphatic carbocycles. The lowest BCUT2D eigenvalue weighted by atomic mass is 10.00. The molecule has 1 N–H and O–H groups in total. The molecule has 1 aromatic rings. The first-order valence-electron chi connectivity index (χ1n) is 3.98. The molecule has 0 fully saturated rings. The number of halogens is 1. The summed E-state index contributed by atoms with van der Waals surface area (Å²) in [6, 6.07) is 2.15. The van der Waals surface area contributed by atoms with Crippen LogP contribution >= 0.6 is 12.4 Å². The summed E-state index contributed by atoms with van der Waals surface area (Å²) < 4.78 is 0. The van der Waals surface area contributed by atoms with Gasteiger partial charge in [0.05, 0.1) is 5.56 Å². The molecule has 0 radical (unpaired) electrons. The quantitative estimate of drug-likeness (QED) is 0.673. The number of rotatable bonds is 0. The average molecular weight is 196 g/mol. The van der Waals surface area contributed by atoms with Gasteiger partial charge in [-0.1, -0.05) is 0 Å². The van der Waals surface area contributed by atoms with Gasteiger partial charge in [-0.3, -0.25) is 4.98 Å². The maximum absolute atomic E-state index is 8.78. The van der Waals surface area contributed by atoms with Crippen LogP contribution in [0, 0.1) is 11.3 Å². The molecule has 0 amide bonds. The Balaban J connectivity index is 0.000000845. The van der Waals surface area contributed by atoms with Crippen LogP contribution in [-0.4, -0.2) is 11.5 Å².